The van der Waals surface area contributed by atoms with Gasteiger partial charge in [0.1, 0.15) is 6.04 Å². The first kappa shape index (κ1) is 19.9. The van der Waals surface area contributed by atoms with Crippen LogP contribution in [0, 0.1) is 0 Å². The van der Waals surface area contributed by atoms with E-state index in [4.69, 9.17) is 5.11 Å². The topological polar surface area (TPSA) is 57.6 Å². The van der Waals surface area contributed by atoms with Gasteiger partial charge in [-0.2, -0.15) is 0 Å². The van der Waals surface area contributed by atoms with Crippen molar-refractivity contribution in [2.24, 2.45) is 0 Å². The molecule has 0 spiro atoms. The predicted molar refractivity (Wildman–Crippen MR) is 86.3 cm³/mol. The highest BCUT2D eigenvalue weighted by Gasteiger charge is 2.21. The summed E-state index contributed by atoms with van der Waals surface area (Å²) in [5, 5.41) is 8.97. The molecule has 0 aromatic rings. The molecule has 0 radical (unpaired) electrons. The third-order valence-corrected chi connectivity index (χ3v) is 3.98. The van der Waals surface area contributed by atoms with Gasteiger partial charge in [0, 0.05) is 13.5 Å². The molecule has 124 valence electrons. The highest BCUT2D eigenvalue weighted by Crippen LogP contribution is 2.11. The average Bonchev–Trinajstić information content (AvgIpc) is 2.43. The first-order chi connectivity index (χ1) is 10.0. The number of aliphatic carboxylic acids is 1. The van der Waals surface area contributed by atoms with Crippen molar-refractivity contribution in [2.45, 2.75) is 91.0 Å². The molecule has 0 heterocycles. The molecule has 1 atom stereocenters. The van der Waals surface area contributed by atoms with Crippen LogP contribution in [-0.2, 0) is 9.59 Å². The van der Waals surface area contributed by atoms with Crippen LogP contribution in [0.1, 0.15) is 85.0 Å². The largest absolute Gasteiger partial charge is 0.480 e. The van der Waals surface area contributed by atoms with Crippen LogP contribution in [0.3, 0.4) is 0 Å². The lowest BCUT2D eigenvalue weighted by Crippen LogP contribution is -2.42. The van der Waals surface area contributed by atoms with Gasteiger partial charge in [-0.1, -0.05) is 64.7 Å². The van der Waals surface area contributed by atoms with Gasteiger partial charge in [0.2, 0.25) is 5.91 Å². The molecule has 0 saturated heterocycles. The van der Waals surface area contributed by atoms with E-state index < -0.39 is 12.0 Å². The molecule has 4 nitrogen and oxygen atoms in total. The fourth-order valence-electron chi connectivity index (χ4n) is 2.53. The lowest BCUT2D eigenvalue weighted by Gasteiger charge is -2.25. The van der Waals surface area contributed by atoms with Gasteiger partial charge in [0.25, 0.3) is 0 Å². The van der Waals surface area contributed by atoms with E-state index in [0.29, 0.717) is 6.54 Å². The van der Waals surface area contributed by atoms with E-state index in [1.807, 2.05) is 0 Å². The van der Waals surface area contributed by atoms with Crippen LogP contribution < -0.4 is 0 Å². The van der Waals surface area contributed by atoms with Crippen LogP contribution in [0.15, 0.2) is 0 Å². The molecule has 0 rings (SSSR count). The SMILES string of the molecule is CCCCCCCCCCCCN(C(C)=O)[C@@H](C)C(=O)O. The number of carboxylic acids is 1. The zero-order valence-electron chi connectivity index (χ0n) is 14.1. The van der Waals surface area contributed by atoms with Crippen molar-refractivity contribution in [2.75, 3.05) is 6.54 Å². The van der Waals surface area contributed by atoms with Crippen LogP contribution in [0.2, 0.25) is 0 Å². The van der Waals surface area contributed by atoms with E-state index in [9.17, 15) is 9.59 Å². The van der Waals surface area contributed by atoms with Crippen molar-refractivity contribution in [3.63, 3.8) is 0 Å². The second-order valence-electron chi connectivity index (χ2n) is 5.91. The maximum Gasteiger partial charge on any atom is 0.326 e. The Morgan fingerprint density at radius 1 is 0.905 bits per heavy atom. The molecule has 0 aliphatic rings. The minimum absolute atomic E-state index is 0.152. The summed E-state index contributed by atoms with van der Waals surface area (Å²) < 4.78 is 0. The maximum absolute atomic E-state index is 11.4. The summed E-state index contributed by atoms with van der Waals surface area (Å²) >= 11 is 0. The summed E-state index contributed by atoms with van der Waals surface area (Å²) in [6.07, 6.45) is 12.4. The lowest BCUT2D eigenvalue weighted by molar-refractivity contribution is -0.148. The summed E-state index contributed by atoms with van der Waals surface area (Å²) in [6, 6.07) is -0.721. The Morgan fingerprint density at radius 2 is 1.33 bits per heavy atom. The molecule has 0 unspecified atom stereocenters. The van der Waals surface area contributed by atoms with E-state index in [-0.39, 0.29) is 5.91 Å². The zero-order valence-corrected chi connectivity index (χ0v) is 14.1. The van der Waals surface area contributed by atoms with Gasteiger partial charge < -0.3 is 10.0 Å². The van der Waals surface area contributed by atoms with E-state index in [0.717, 1.165) is 12.8 Å². The molecule has 0 fully saturated rings. The molecule has 0 saturated carbocycles. The molecule has 0 aromatic heterocycles. The summed E-state index contributed by atoms with van der Waals surface area (Å²) in [5.74, 6) is -1.09. The number of hydrogen-bond acceptors (Lipinski definition) is 2. The Morgan fingerprint density at radius 3 is 1.71 bits per heavy atom. The number of carbonyl (C=O) groups is 2. The number of carbonyl (C=O) groups excluding carboxylic acids is 1. The van der Waals surface area contributed by atoms with E-state index >= 15 is 0 Å². The molecule has 0 aliphatic carbocycles. The summed E-state index contributed by atoms with van der Waals surface area (Å²) in [6.45, 7) is 5.80. The van der Waals surface area contributed by atoms with Crippen molar-refractivity contribution in [1.82, 2.24) is 4.90 Å². The fourth-order valence-corrected chi connectivity index (χ4v) is 2.53. The van der Waals surface area contributed by atoms with Crippen LogP contribution in [0.25, 0.3) is 0 Å². The average molecular weight is 299 g/mol. The number of amides is 1. The molecule has 1 N–H and O–H groups in total. The smallest absolute Gasteiger partial charge is 0.326 e. The van der Waals surface area contributed by atoms with E-state index in [1.54, 1.807) is 6.92 Å². The highest BCUT2D eigenvalue weighted by atomic mass is 16.4. The Bertz CT molecular complexity index is 292. The van der Waals surface area contributed by atoms with Crippen molar-refractivity contribution in [1.29, 1.82) is 0 Å². The number of hydrogen-bond donors (Lipinski definition) is 1. The van der Waals surface area contributed by atoms with Gasteiger partial charge in [-0.3, -0.25) is 4.79 Å². The number of unbranched alkanes of at least 4 members (excludes halogenated alkanes) is 9. The molecular formula is C17H33NO3. The number of rotatable bonds is 13. The maximum atomic E-state index is 11.4. The number of carboxylic acid groups (broad SMARTS) is 1. The Balaban J connectivity index is 3.59. The standard InChI is InChI=1S/C17H33NO3/c1-4-5-6-7-8-9-10-11-12-13-14-18(16(3)19)15(2)17(20)21/h15H,4-14H2,1-3H3,(H,20,21)/t15-/m0/s1. The third kappa shape index (κ3) is 10.3. The van der Waals surface area contributed by atoms with Gasteiger partial charge in [0.15, 0.2) is 0 Å². The molecule has 0 aromatic carbocycles. The first-order valence-electron chi connectivity index (χ1n) is 8.50. The van der Waals surface area contributed by atoms with Crippen molar-refractivity contribution in [3.8, 4) is 0 Å². The molecule has 4 heteroatoms. The Kier molecular flexibility index (Phi) is 12.0. The van der Waals surface area contributed by atoms with Crippen LogP contribution in [0.4, 0.5) is 0 Å². The van der Waals surface area contributed by atoms with Gasteiger partial charge >= 0.3 is 5.97 Å². The molecular weight excluding hydrogens is 266 g/mol. The van der Waals surface area contributed by atoms with Gasteiger partial charge in [-0.15, -0.1) is 0 Å². The predicted octanol–water partition coefficient (Wildman–Crippen LogP) is 4.23. The summed E-state index contributed by atoms with van der Waals surface area (Å²) in [5.41, 5.74) is 0. The second kappa shape index (κ2) is 12.7. The van der Waals surface area contributed by atoms with Gasteiger partial charge in [-0.05, 0) is 13.3 Å². The summed E-state index contributed by atoms with van der Waals surface area (Å²) in [7, 11) is 0. The zero-order chi connectivity index (χ0) is 16.1. The minimum Gasteiger partial charge on any atom is -0.480 e. The highest BCUT2D eigenvalue weighted by molar-refractivity contribution is 5.81. The van der Waals surface area contributed by atoms with Crippen molar-refractivity contribution < 1.29 is 14.7 Å². The van der Waals surface area contributed by atoms with Crippen LogP contribution >= 0.6 is 0 Å². The van der Waals surface area contributed by atoms with Gasteiger partial charge in [-0.25, -0.2) is 4.79 Å². The molecule has 0 bridgehead atoms. The first-order valence-corrected chi connectivity index (χ1v) is 8.50. The molecule has 1 amide bonds. The Hall–Kier alpha value is -1.06. The van der Waals surface area contributed by atoms with E-state index in [2.05, 4.69) is 6.92 Å². The fraction of sp³-hybridized carbons (Fsp3) is 0.882. The number of nitrogens with zero attached hydrogens (tertiary/aromatic N) is 1. The molecule has 0 aliphatic heterocycles. The third-order valence-electron chi connectivity index (χ3n) is 3.98. The summed E-state index contributed by atoms with van der Waals surface area (Å²) in [4.78, 5) is 23.8. The van der Waals surface area contributed by atoms with Gasteiger partial charge in [0.05, 0.1) is 0 Å². The van der Waals surface area contributed by atoms with Crippen molar-refractivity contribution >= 4 is 11.9 Å². The van der Waals surface area contributed by atoms with Crippen LogP contribution in [-0.4, -0.2) is 34.5 Å². The monoisotopic (exact) mass is 299 g/mol. The quantitative estimate of drug-likeness (QED) is 0.518. The second-order valence-corrected chi connectivity index (χ2v) is 5.91. The minimum atomic E-state index is -0.933. The Labute approximate surface area is 129 Å². The normalized spacial score (nSPS) is 12.1. The van der Waals surface area contributed by atoms with E-state index in [1.165, 1.54) is 63.2 Å². The van der Waals surface area contributed by atoms with Crippen molar-refractivity contribution in [3.05, 3.63) is 0 Å². The van der Waals surface area contributed by atoms with Crippen LogP contribution in [0.5, 0.6) is 0 Å². The molecule has 21 heavy (non-hydrogen) atoms. The lowest BCUT2D eigenvalue weighted by atomic mass is 10.1.